The van der Waals surface area contributed by atoms with Gasteiger partial charge < -0.3 is 4.90 Å². The minimum Gasteiger partial charge on any atom is -0.363 e. The SMILES string of the molecule is CC(C)(C)N=CN1CCCC1. The quantitative estimate of drug-likeness (QED) is 0.416. The van der Waals surface area contributed by atoms with Crippen LogP contribution in [0.3, 0.4) is 0 Å². The van der Waals surface area contributed by atoms with E-state index in [0.29, 0.717) is 0 Å². The molecule has 1 rings (SSSR count). The third kappa shape index (κ3) is 3.40. The number of nitrogens with zero attached hydrogens (tertiary/aromatic N) is 2. The second kappa shape index (κ2) is 3.24. The lowest BCUT2D eigenvalue weighted by molar-refractivity contribution is 0.510. The van der Waals surface area contributed by atoms with Crippen molar-refractivity contribution in [3.63, 3.8) is 0 Å². The standard InChI is InChI=1S/C9H18N2/c1-9(2,3)10-8-11-6-4-5-7-11/h8H,4-7H2,1-3H3. The fraction of sp³-hybridized carbons (Fsp3) is 0.889. The van der Waals surface area contributed by atoms with Crippen LogP contribution in [0.15, 0.2) is 4.99 Å². The number of aliphatic imine (C=N–C) groups is 1. The van der Waals surface area contributed by atoms with E-state index in [1.807, 2.05) is 6.34 Å². The molecule has 1 saturated heterocycles. The Morgan fingerprint density at radius 2 is 1.73 bits per heavy atom. The van der Waals surface area contributed by atoms with Gasteiger partial charge in [0.25, 0.3) is 0 Å². The Labute approximate surface area is 69.3 Å². The van der Waals surface area contributed by atoms with Crippen LogP contribution in [0.1, 0.15) is 33.6 Å². The summed E-state index contributed by atoms with van der Waals surface area (Å²) in [6.07, 6.45) is 4.67. The van der Waals surface area contributed by atoms with Gasteiger partial charge in [0.15, 0.2) is 0 Å². The minimum atomic E-state index is 0.0859. The normalized spacial score (nSPS) is 20.1. The topological polar surface area (TPSA) is 15.6 Å². The highest BCUT2D eigenvalue weighted by Gasteiger charge is 2.09. The van der Waals surface area contributed by atoms with Gasteiger partial charge in [-0.05, 0) is 33.6 Å². The average molecular weight is 154 g/mol. The molecule has 2 nitrogen and oxygen atoms in total. The van der Waals surface area contributed by atoms with Gasteiger partial charge in [0.1, 0.15) is 0 Å². The molecule has 0 aromatic carbocycles. The number of hydrogen-bond acceptors (Lipinski definition) is 1. The summed E-state index contributed by atoms with van der Waals surface area (Å²) in [7, 11) is 0. The number of hydrogen-bond donors (Lipinski definition) is 0. The maximum Gasteiger partial charge on any atom is 0.0856 e. The largest absolute Gasteiger partial charge is 0.363 e. The molecular weight excluding hydrogens is 136 g/mol. The lowest BCUT2D eigenvalue weighted by Gasteiger charge is -2.15. The van der Waals surface area contributed by atoms with Crippen LogP contribution < -0.4 is 0 Å². The molecule has 1 heterocycles. The van der Waals surface area contributed by atoms with Crippen LogP contribution in [0.5, 0.6) is 0 Å². The first kappa shape index (κ1) is 8.57. The summed E-state index contributed by atoms with van der Waals surface area (Å²) in [4.78, 5) is 6.74. The molecule has 11 heavy (non-hydrogen) atoms. The van der Waals surface area contributed by atoms with Crippen molar-refractivity contribution < 1.29 is 0 Å². The van der Waals surface area contributed by atoms with Gasteiger partial charge in [-0.15, -0.1) is 0 Å². The van der Waals surface area contributed by atoms with Crippen molar-refractivity contribution >= 4 is 6.34 Å². The predicted molar refractivity (Wildman–Crippen MR) is 49.1 cm³/mol. The first-order valence-corrected chi connectivity index (χ1v) is 4.37. The van der Waals surface area contributed by atoms with Crippen LogP contribution in [0, 0.1) is 0 Å². The molecule has 0 aromatic rings. The minimum absolute atomic E-state index is 0.0859. The molecule has 0 bridgehead atoms. The van der Waals surface area contributed by atoms with Gasteiger partial charge in [0.05, 0.1) is 11.9 Å². The Kier molecular flexibility index (Phi) is 2.53. The Hall–Kier alpha value is -0.530. The summed E-state index contributed by atoms with van der Waals surface area (Å²) < 4.78 is 0. The molecule has 0 radical (unpaired) electrons. The Morgan fingerprint density at radius 1 is 1.18 bits per heavy atom. The van der Waals surface area contributed by atoms with E-state index in [2.05, 4.69) is 30.7 Å². The summed E-state index contributed by atoms with van der Waals surface area (Å²) in [5.74, 6) is 0. The zero-order chi connectivity index (χ0) is 8.32. The van der Waals surface area contributed by atoms with Crippen molar-refractivity contribution in [2.45, 2.75) is 39.2 Å². The second-order valence-electron chi connectivity index (χ2n) is 4.16. The zero-order valence-corrected chi connectivity index (χ0v) is 7.80. The van der Waals surface area contributed by atoms with Gasteiger partial charge in [-0.25, -0.2) is 0 Å². The van der Waals surface area contributed by atoms with Gasteiger partial charge in [0.2, 0.25) is 0 Å². The van der Waals surface area contributed by atoms with Gasteiger partial charge in [0, 0.05) is 13.1 Å². The first-order valence-electron chi connectivity index (χ1n) is 4.37. The Bertz CT molecular complexity index is 138. The van der Waals surface area contributed by atoms with Crippen LogP contribution in [-0.4, -0.2) is 29.9 Å². The fourth-order valence-corrected chi connectivity index (χ4v) is 1.11. The van der Waals surface area contributed by atoms with E-state index >= 15 is 0 Å². The van der Waals surface area contributed by atoms with Crippen LogP contribution in [-0.2, 0) is 0 Å². The van der Waals surface area contributed by atoms with Gasteiger partial charge in [-0.1, -0.05) is 0 Å². The molecule has 0 amide bonds. The van der Waals surface area contributed by atoms with Gasteiger partial charge >= 0.3 is 0 Å². The lowest BCUT2D eigenvalue weighted by Crippen LogP contribution is -2.20. The van der Waals surface area contributed by atoms with Gasteiger partial charge in [-0.3, -0.25) is 4.99 Å². The Morgan fingerprint density at radius 3 is 2.18 bits per heavy atom. The van der Waals surface area contributed by atoms with Crippen molar-refractivity contribution in [3.05, 3.63) is 0 Å². The monoisotopic (exact) mass is 154 g/mol. The highest BCUT2D eigenvalue weighted by atomic mass is 15.2. The number of likely N-dealkylation sites (tertiary alicyclic amines) is 1. The molecule has 0 atom stereocenters. The summed E-state index contributed by atoms with van der Waals surface area (Å²) >= 11 is 0. The fourth-order valence-electron chi connectivity index (χ4n) is 1.11. The van der Waals surface area contributed by atoms with Crippen LogP contribution >= 0.6 is 0 Å². The third-order valence-electron chi connectivity index (χ3n) is 1.75. The van der Waals surface area contributed by atoms with Crippen molar-refractivity contribution in [2.24, 2.45) is 4.99 Å². The molecule has 0 unspecified atom stereocenters. The van der Waals surface area contributed by atoms with E-state index in [1.54, 1.807) is 0 Å². The van der Waals surface area contributed by atoms with Crippen LogP contribution in [0.25, 0.3) is 0 Å². The summed E-state index contributed by atoms with van der Waals surface area (Å²) in [6, 6.07) is 0. The van der Waals surface area contributed by atoms with Crippen molar-refractivity contribution in [2.75, 3.05) is 13.1 Å². The molecule has 0 aromatic heterocycles. The highest BCUT2D eigenvalue weighted by molar-refractivity contribution is 5.55. The Balaban J connectivity index is 2.34. The molecule has 1 aliphatic rings. The maximum atomic E-state index is 4.44. The van der Waals surface area contributed by atoms with Crippen molar-refractivity contribution in [3.8, 4) is 0 Å². The van der Waals surface area contributed by atoms with E-state index in [0.717, 1.165) is 0 Å². The molecule has 2 heteroatoms. The van der Waals surface area contributed by atoms with Crippen LogP contribution in [0.2, 0.25) is 0 Å². The molecule has 1 aliphatic heterocycles. The smallest absolute Gasteiger partial charge is 0.0856 e. The second-order valence-corrected chi connectivity index (χ2v) is 4.16. The van der Waals surface area contributed by atoms with Crippen molar-refractivity contribution in [1.29, 1.82) is 0 Å². The molecule has 64 valence electrons. The predicted octanol–water partition coefficient (Wildman–Crippen LogP) is 1.91. The molecule has 0 N–H and O–H groups in total. The zero-order valence-electron chi connectivity index (χ0n) is 7.80. The number of rotatable bonds is 1. The summed E-state index contributed by atoms with van der Waals surface area (Å²) in [6.45, 7) is 8.76. The average Bonchev–Trinajstić information content (AvgIpc) is 2.32. The van der Waals surface area contributed by atoms with E-state index in [-0.39, 0.29) is 5.54 Å². The van der Waals surface area contributed by atoms with Gasteiger partial charge in [-0.2, -0.15) is 0 Å². The summed E-state index contributed by atoms with van der Waals surface area (Å²) in [5.41, 5.74) is 0.0859. The molecule has 1 fully saturated rings. The maximum absolute atomic E-state index is 4.44. The molecule has 0 spiro atoms. The van der Waals surface area contributed by atoms with Crippen molar-refractivity contribution in [1.82, 2.24) is 4.90 Å². The molecule has 0 saturated carbocycles. The lowest BCUT2D eigenvalue weighted by atomic mass is 10.1. The van der Waals surface area contributed by atoms with E-state index in [9.17, 15) is 0 Å². The van der Waals surface area contributed by atoms with E-state index < -0.39 is 0 Å². The molecular formula is C9H18N2. The first-order chi connectivity index (χ1) is 5.08. The van der Waals surface area contributed by atoms with E-state index in [1.165, 1.54) is 25.9 Å². The van der Waals surface area contributed by atoms with E-state index in [4.69, 9.17) is 0 Å². The highest BCUT2D eigenvalue weighted by Crippen LogP contribution is 2.08. The van der Waals surface area contributed by atoms with Crippen LogP contribution in [0.4, 0.5) is 0 Å². The summed E-state index contributed by atoms with van der Waals surface area (Å²) in [5, 5.41) is 0. The third-order valence-corrected chi connectivity index (χ3v) is 1.75. The molecule has 0 aliphatic carbocycles.